The lowest BCUT2D eigenvalue weighted by molar-refractivity contribution is 0.729. The fraction of sp³-hybridized carbons (Fsp3) is 0.375. The Hall–Kier alpha value is -0.830. The van der Waals surface area contributed by atoms with Crippen LogP contribution in [0.3, 0.4) is 0 Å². The molecule has 1 nitrogen and oxygen atoms in total. The minimum Gasteiger partial charge on any atom is -0.323 e. The smallest absolute Gasteiger partial charge is 0.0590 e. The van der Waals surface area contributed by atoms with Gasteiger partial charge >= 0.3 is 0 Å². The van der Waals surface area contributed by atoms with Crippen LogP contribution in [0, 0.1) is 27.7 Å². The van der Waals surface area contributed by atoms with Gasteiger partial charge in [0.2, 0.25) is 0 Å². The summed E-state index contributed by atoms with van der Waals surface area (Å²) >= 11 is 7.97. The molecule has 2 N–H and O–H groups in total. The summed E-state index contributed by atoms with van der Waals surface area (Å²) < 4.78 is 0. The van der Waals surface area contributed by atoms with Crippen molar-refractivity contribution in [2.75, 3.05) is 0 Å². The van der Waals surface area contributed by atoms with Gasteiger partial charge in [0.25, 0.3) is 0 Å². The van der Waals surface area contributed by atoms with Gasteiger partial charge in [-0.15, -0.1) is 11.3 Å². The first-order valence-corrected chi connectivity index (χ1v) is 7.71. The van der Waals surface area contributed by atoms with E-state index in [1.807, 2.05) is 6.92 Å². The maximum absolute atomic E-state index is 6.34. The van der Waals surface area contributed by atoms with Gasteiger partial charge in [-0.25, -0.2) is 0 Å². The topological polar surface area (TPSA) is 26.0 Å². The Kier molecular flexibility index (Phi) is 4.34. The predicted octanol–water partition coefficient (Wildman–Crippen LogP) is 4.88. The van der Waals surface area contributed by atoms with Crippen molar-refractivity contribution in [1.29, 1.82) is 0 Å². The monoisotopic (exact) mass is 293 g/mol. The molecule has 0 radical (unpaired) electrons. The van der Waals surface area contributed by atoms with E-state index in [1.165, 1.54) is 22.3 Å². The van der Waals surface area contributed by atoms with Crippen LogP contribution in [0.15, 0.2) is 17.5 Å². The maximum Gasteiger partial charge on any atom is 0.0590 e. The number of nitrogens with two attached hydrogens (primary N) is 1. The lowest BCUT2D eigenvalue weighted by atomic mass is 9.94. The molecule has 1 aromatic heterocycles. The van der Waals surface area contributed by atoms with Gasteiger partial charge in [0, 0.05) is 10.9 Å². The minimum atomic E-state index is -0.0219. The SMILES string of the molecule is Cc1cc(C)c(CC(N)c2scc(C)c2Cl)c(C)c1. The number of benzene rings is 1. The molecule has 0 saturated heterocycles. The molecule has 2 aromatic rings. The maximum atomic E-state index is 6.34. The summed E-state index contributed by atoms with van der Waals surface area (Å²) in [4.78, 5) is 1.10. The van der Waals surface area contributed by atoms with E-state index in [0.717, 1.165) is 21.9 Å². The zero-order valence-electron chi connectivity index (χ0n) is 11.9. The molecule has 1 unspecified atom stereocenters. The van der Waals surface area contributed by atoms with E-state index in [-0.39, 0.29) is 6.04 Å². The molecule has 0 amide bonds. The number of hydrogen-bond acceptors (Lipinski definition) is 2. The molecule has 0 aliphatic carbocycles. The van der Waals surface area contributed by atoms with E-state index in [2.05, 4.69) is 38.3 Å². The third-order valence-electron chi connectivity index (χ3n) is 3.53. The molecular formula is C16H20ClNS. The summed E-state index contributed by atoms with van der Waals surface area (Å²) in [5.41, 5.74) is 12.7. The van der Waals surface area contributed by atoms with Crippen LogP contribution in [0.25, 0.3) is 0 Å². The lowest BCUT2D eigenvalue weighted by Crippen LogP contribution is -2.14. The predicted molar refractivity (Wildman–Crippen MR) is 85.4 cm³/mol. The van der Waals surface area contributed by atoms with Gasteiger partial charge in [-0.05, 0) is 61.7 Å². The Labute approximate surface area is 124 Å². The van der Waals surface area contributed by atoms with Crippen LogP contribution in [-0.4, -0.2) is 0 Å². The normalized spacial score (nSPS) is 12.7. The Morgan fingerprint density at radius 2 is 1.68 bits per heavy atom. The fourth-order valence-corrected chi connectivity index (χ4v) is 3.88. The van der Waals surface area contributed by atoms with Crippen molar-refractivity contribution in [3.05, 3.63) is 55.2 Å². The van der Waals surface area contributed by atoms with Crippen molar-refractivity contribution in [1.82, 2.24) is 0 Å². The quantitative estimate of drug-likeness (QED) is 0.858. The summed E-state index contributed by atoms with van der Waals surface area (Å²) in [6, 6.07) is 4.42. The highest BCUT2D eigenvalue weighted by Gasteiger charge is 2.16. The molecule has 0 spiro atoms. The Morgan fingerprint density at radius 1 is 1.11 bits per heavy atom. The van der Waals surface area contributed by atoms with E-state index < -0.39 is 0 Å². The Bertz CT molecular complexity index is 578. The third kappa shape index (κ3) is 3.02. The number of aryl methyl sites for hydroxylation is 4. The standard InChI is InChI=1S/C16H20ClNS/c1-9-5-10(2)13(11(3)6-9)7-14(18)16-15(17)12(4)8-19-16/h5-6,8,14H,7,18H2,1-4H3. The van der Waals surface area contributed by atoms with Gasteiger partial charge in [0.1, 0.15) is 0 Å². The fourth-order valence-electron chi connectivity index (χ4n) is 2.54. The summed E-state index contributed by atoms with van der Waals surface area (Å²) in [5.74, 6) is 0. The summed E-state index contributed by atoms with van der Waals surface area (Å²) in [7, 11) is 0. The second-order valence-electron chi connectivity index (χ2n) is 5.28. The number of halogens is 1. The van der Waals surface area contributed by atoms with Crippen molar-refractivity contribution in [2.24, 2.45) is 5.73 Å². The number of thiophene rings is 1. The van der Waals surface area contributed by atoms with Gasteiger partial charge in [0.15, 0.2) is 0 Å². The van der Waals surface area contributed by atoms with E-state index in [9.17, 15) is 0 Å². The van der Waals surface area contributed by atoms with Gasteiger partial charge in [0.05, 0.1) is 5.02 Å². The summed E-state index contributed by atoms with van der Waals surface area (Å²) in [6.45, 7) is 8.47. The average Bonchev–Trinajstić information content (AvgIpc) is 2.64. The molecule has 1 aromatic carbocycles. The first kappa shape index (κ1) is 14.6. The zero-order chi connectivity index (χ0) is 14.2. The molecule has 19 heavy (non-hydrogen) atoms. The van der Waals surface area contributed by atoms with Gasteiger partial charge in [-0.1, -0.05) is 29.3 Å². The highest BCUT2D eigenvalue weighted by atomic mass is 35.5. The van der Waals surface area contributed by atoms with Crippen LogP contribution in [0.1, 0.15) is 38.7 Å². The molecule has 0 bridgehead atoms. The molecule has 1 heterocycles. The van der Waals surface area contributed by atoms with Crippen LogP contribution in [0.2, 0.25) is 5.02 Å². The van der Waals surface area contributed by atoms with Crippen molar-refractivity contribution in [3.63, 3.8) is 0 Å². The second-order valence-corrected chi connectivity index (χ2v) is 6.57. The van der Waals surface area contributed by atoms with E-state index in [0.29, 0.717) is 0 Å². The molecule has 2 rings (SSSR count). The highest BCUT2D eigenvalue weighted by molar-refractivity contribution is 7.10. The minimum absolute atomic E-state index is 0.0219. The van der Waals surface area contributed by atoms with Crippen LogP contribution in [-0.2, 0) is 6.42 Å². The van der Waals surface area contributed by atoms with Gasteiger partial charge in [-0.3, -0.25) is 0 Å². The molecule has 0 saturated carbocycles. The summed E-state index contributed by atoms with van der Waals surface area (Å²) in [5, 5.41) is 2.91. The largest absolute Gasteiger partial charge is 0.323 e. The first-order valence-electron chi connectivity index (χ1n) is 6.46. The first-order chi connectivity index (χ1) is 8.90. The van der Waals surface area contributed by atoms with Crippen LogP contribution in [0.5, 0.6) is 0 Å². The van der Waals surface area contributed by atoms with Crippen molar-refractivity contribution in [3.8, 4) is 0 Å². The van der Waals surface area contributed by atoms with Crippen LogP contribution in [0.4, 0.5) is 0 Å². The average molecular weight is 294 g/mol. The van der Waals surface area contributed by atoms with Crippen molar-refractivity contribution < 1.29 is 0 Å². The molecule has 1 atom stereocenters. The number of rotatable bonds is 3. The van der Waals surface area contributed by atoms with Crippen LogP contribution < -0.4 is 5.73 Å². The molecule has 0 fully saturated rings. The zero-order valence-corrected chi connectivity index (χ0v) is 13.5. The van der Waals surface area contributed by atoms with Crippen LogP contribution >= 0.6 is 22.9 Å². The molecule has 3 heteroatoms. The van der Waals surface area contributed by atoms with E-state index in [4.69, 9.17) is 17.3 Å². The molecule has 0 aliphatic heterocycles. The van der Waals surface area contributed by atoms with E-state index in [1.54, 1.807) is 11.3 Å². The summed E-state index contributed by atoms with van der Waals surface area (Å²) in [6.07, 6.45) is 0.845. The van der Waals surface area contributed by atoms with Crippen molar-refractivity contribution in [2.45, 2.75) is 40.2 Å². The molecule has 0 aliphatic rings. The number of hydrogen-bond donors (Lipinski definition) is 1. The van der Waals surface area contributed by atoms with Crippen molar-refractivity contribution >= 4 is 22.9 Å². The third-order valence-corrected chi connectivity index (χ3v) is 5.37. The Morgan fingerprint density at radius 3 is 2.16 bits per heavy atom. The second kappa shape index (κ2) is 5.66. The Balaban J connectivity index is 2.29. The molecule has 102 valence electrons. The molecular weight excluding hydrogens is 274 g/mol. The highest BCUT2D eigenvalue weighted by Crippen LogP contribution is 2.33. The lowest BCUT2D eigenvalue weighted by Gasteiger charge is -2.16. The van der Waals surface area contributed by atoms with Gasteiger partial charge in [-0.2, -0.15) is 0 Å². The van der Waals surface area contributed by atoms with Gasteiger partial charge < -0.3 is 5.73 Å². The van der Waals surface area contributed by atoms with E-state index >= 15 is 0 Å².